The van der Waals surface area contributed by atoms with Gasteiger partial charge in [-0.2, -0.15) is 5.10 Å². The highest BCUT2D eigenvalue weighted by Crippen LogP contribution is 2.29. The van der Waals surface area contributed by atoms with Gasteiger partial charge in [0.15, 0.2) is 0 Å². The molecule has 0 radical (unpaired) electrons. The second-order valence-electron chi connectivity index (χ2n) is 4.59. The molecule has 3 nitrogen and oxygen atoms in total. The van der Waals surface area contributed by atoms with Crippen LogP contribution in [-0.2, 0) is 6.54 Å². The molecule has 2 aromatic rings. The fraction of sp³-hybridized carbons (Fsp3) is 0.357. The van der Waals surface area contributed by atoms with E-state index in [0.29, 0.717) is 5.02 Å². The predicted molar refractivity (Wildman–Crippen MR) is 82.4 cm³/mol. The van der Waals surface area contributed by atoms with Gasteiger partial charge < -0.3 is 5.73 Å². The number of benzene rings is 1. The quantitative estimate of drug-likeness (QED) is 0.910. The molecule has 0 bridgehead atoms. The van der Waals surface area contributed by atoms with Crippen molar-refractivity contribution in [3.8, 4) is 0 Å². The van der Waals surface area contributed by atoms with E-state index in [0.717, 1.165) is 28.7 Å². The molecule has 0 saturated carbocycles. The Balaban J connectivity index is 2.40. The van der Waals surface area contributed by atoms with Crippen LogP contribution in [0.2, 0.25) is 5.02 Å². The summed E-state index contributed by atoms with van der Waals surface area (Å²) in [5, 5.41) is 4.91. The van der Waals surface area contributed by atoms with E-state index >= 15 is 0 Å². The van der Waals surface area contributed by atoms with Gasteiger partial charge in [0.05, 0.1) is 23.0 Å². The Morgan fingerprint density at radius 1 is 1.47 bits per heavy atom. The van der Waals surface area contributed by atoms with Gasteiger partial charge in [0.1, 0.15) is 0 Å². The Morgan fingerprint density at radius 2 is 2.21 bits per heavy atom. The molecule has 0 fully saturated rings. The van der Waals surface area contributed by atoms with E-state index in [2.05, 4.69) is 28.0 Å². The fourth-order valence-electron chi connectivity index (χ4n) is 2.03. The molecule has 2 rings (SSSR count). The Bertz CT molecular complexity index is 580. The number of rotatable bonds is 4. The van der Waals surface area contributed by atoms with Crippen molar-refractivity contribution in [1.29, 1.82) is 0 Å². The summed E-state index contributed by atoms with van der Waals surface area (Å²) in [6, 6.07) is 5.86. The van der Waals surface area contributed by atoms with Crippen LogP contribution in [0, 0.1) is 6.92 Å². The molecule has 0 spiro atoms. The van der Waals surface area contributed by atoms with E-state index in [1.165, 1.54) is 5.56 Å². The van der Waals surface area contributed by atoms with E-state index in [9.17, 15) is 0 Å². The second kappa shape index (κ2) is 6.07. The van der Waals surface area contributed by atoms with E-state index in [1.54, 1.807) is 6.20 Å². The molecular formula is C14H17BrClN3. The number of nitrogens with two attached hydrogens (primary N) is 1. The Hall–Kier alpha value is -0.840. The van der Waals surface area contributed by atoms with Gasteiger partial charge in [-0.05, 0) is 30.5 Å². The van der Waals surface area contributed by atoms with Crippen LogP contribution in [0.25, 0.3) is 0 Å². The zero-order valence-corrected chi connectivity index (χ0v) is 13.4. The van der Waals surface area contributed by atoms with Crippen molar-refractivity contribution in [3.05, 3.63) is 50.7 Å². The molecule has 2 N–H and O–H groups in total. The molecule has 5 heteroatoms. The molecule has 1 heterocycles. The first kappa shape index (κ1) is 14.6. The zero-order valence-electron chi connectivity index (χ0n) is 11.0. The molecule has 102 valence electrons. The minimum atomic E-state index is -0.265. The monoisotopic (exact) mass is 341 g/mol. The Morgan fingerprint density at radius 3 is 2.84 bits per heavy atom. The van der Waals surface area contributed by atoms with E-state index in [-0.39, 0.29) is 6.04 Å². The maximum Gasteiger partial charge on any atom is 0.0837 e. The minimum Gasteiger partial charge on any atom is -0.319 e. The molecule has 1 aromatic carbocycles. The van der Waals surface area contributed by atoms with Crippen LogP contribution in [0.5, 0.6) is 0 Å². The summed E-state index contributed by atoms with van der Waals surface area (Å²) in [5.41, 5.74) is 9.43. The molecule has 0 aliphatic carbocycles. The average Bonchev–Trinajstić information content (AvgIpc) is 2.74. The van der Waals surface area contributed by atoms with Crippen molar-refractivity contribution in [2.24, 2.45) is 5.73 Å². The lowest BCUT2D eigenvalue weighted by atomic mass is 10.0. The van der Waals surface area contributed by atoms with E-state index < -0.39 is 0 Å². The van der Waals surface area contributed by atoms with Crippen LogP contribution in [0.3, 0.4) is 0 Å². The number of halogens is 2. The van der Waals surface area contributed by atoms with Crippen LogP contribution < -0.4 is 5.73 Å². The second-order valence-corrected chi connectivity index (χ2v) is 5.85. The number of hydrogen-bond donors (Lipinski definition) is 1. The Labute approximate surface area is 126 Å². The number of nitrogens with zero attached hydrogens (tertiary/aromatic N) is 2. The normalized spacial score (nSPS) is 12.7. The summed E-state index contributed by atoms with van der Waals surface area (Å²) in [6.45, 7) is 4.98. The van der Waals surface area contributed by atoms with Gasteiger partial charge in [0, 0.05) is 11.0 Å². The van der Waals surface area contributed by atoms with E-state index in [1.807, 2.05) is 29.8 Å². The van der Waals surface area contributed by atoms with E-state index in [4.69, 9.17) is 17.3 Å². The average molecular weight is 343 g/mol. The van der Waals surface area contributed by atoms with Gasteiger partial charge in [-0.25, -0.2) is 0 Å². The third kappa shape index (κ3) is 3.02. The maximum absolute atomic E-state index is 6.35. The van der Waals surface area contributed by atoms with Gasteiger partial charge in [0.25, 0.3) is 0 Å². The van der Waals surface area contributed by atoms with Crippen LogP contribution in [-0.4, -0.2) is 9.78 Å². The molecule has 1 atom stereocenters. The first-order valence-corrected chi connectivity index (χ1v) is 7.44. The molecule has 0 aliphatic rings. The smallest absolute Gasteiger partial charge is 0.0837 e. The number of hydrogen-bond acceptors (Lipinski definition) is 2. The lowest BCUT2D eigenvalue weighted by Gasteiger charge is -2.16. The van der Waals surface area contributed by atoms with Crippen LogP contribution >= 0.6 is 27.5 Å². The molecule has 1 unspecified atom stereocenters. The highest BCUT2D eigenvalue weighted by Gasteiger charge is 2.18. The van der Waals surface area contributed by atoms with Crippen LogP contribution in [0.15, 0.2) is 28.9 Å². The highest BCUT2D eigenvalue weighted by atomic mass is 79.9. The number of aromatic nitrogens is 2. The predicted octanol–water partition coefficient (Wildman–Crippen LogP) is 4.07. The molecule has 19 heavy (non-hydrogen) atoms. The molecule has 0 aliphatic heterocycles. The highest BCUT2D eigenvalue weighted by molar-refractivity contribution is 9.10. The molecular weight excluding hydrogens is 326 g/mol. The van der Waals surface area contributed by atoms with Crippen molar-refractivity contribution < 1.29 is 0 Å². The van der Waals surface area contributed by atoms with Gasteiger partial charge in [0.2, 0.25) is 0 Å². The van der Waals surface area contributed by atoms with Crippen LogP contribution in [0.4, 0.5) is 0 Å². The first-order valence-electron chi connectivity index (χ1n) is 6.27. The van der Waals surface area contributed by atoms with Gasteiger partial charge in [-0.3, -0.25) is 4.68 Å². The van der Waals surface area contributed by atoms with Crippen molar-refractivity contribution >= 4 is 27.5 Å². The van der Waals surface area contributed by atoms with Crippen LogP contribution in [0.1, 0.15) is 36.2 Å². The van der Waals surface area contributed by atoms with Crippen molar-refractivity contribution in [1.82, 2.24) is 9.78 Å². The largest absolute Gasteiger partial charge is 0.319 e. The maximum atomic E-state index is 6.35. The molecule has 0 saturated heterocycles. The summed E-state index contributed by atoms with van der Waals surface area (Å²) in [6.07, 6.45) is 2.66. The van der Waals surface area contributed by atoms with Crippen molar-refractivity contribution in [2.75, 3.05) is 0 Å². The first-order chi connectivity index (χ1) is 9.04. The van der Waals surface area contributed by atoms with Gasteiger partial charge in [-0.1, -0.05) is 46.6 Å². The third-order valence-electron chi connectivity index (χ3n) is 3.12. The SMILES string of the molecule is CCCn1ncc(Cl)c1C(N)c1ccc(C)c(Br)c1. The van der Waals surface area contributed by atoms with Gasteiger partial charge in [-0.15, -0.1) is 0 Å². The third-order valence-corrected chi connectivity index (χ3v) is 4.26. The van der Waals surface area contributed by atoms with Gasteiger partial charge >= 0.3 is 0 Å². The summed E-state index contributed by atoms with van der Waals surface area (Å²) < 4.78 is 2.94. The number of aryl methyl sites for hydroxylation is 2. The minimum absolute atomic E-state index is 0.265. The van der Waals surface area contributed by atoms with Crippen molar-refractivity contribution in [3.63, 3.8) is 0 Å². The standard InChI is InChI=1S/C14H17BrClN3/c1-3-6-19-14(12(16)8-18-19)13(17)10-5-4-9(2)11(15)7-10/h4-5,7-8,13H,3,6,17H2,1-2H3. The summed E-state index contributed by atoms with van der Waals surface area (Å²) >= 11 is 9.76. The lowest BCUT2D eigenvalue weighted by molar-refractivity contribution is 0.560. The topological polar surface area (TPSA) is 43.8 Å². The summed E-state index contributed by atoms with van der Waals surface area (Å²) in [5.74, 6) is 0. The zero-order chi connectivity index (χ0) is 14.0. The summed E-state index contributed by atoms with van der Waals surface area (Å²) in [7, 11) is 0. The molecule has 1 aromatic heterocycles. The Kier molecular flexibility index (Phi) is 4.66. The fourth-order valence-corrected chi connectivity index (χ4v) is 2.69. The lowest BCUT2D eigenvalue weighted by Crippen LogP contribution is -2.18. The molecule has 0 amide bonds. The van der Waals surface area contributed by atoms with Crippen molar-refractivity contribution in [2.45, 2.75) is 32.9 Å². The summed E-state index contributed by atoms with van der Waals surface area (Å²) in [4.78, 5) is 0.